The number of carboxylic acids is 1. The van der Waals surface area contributed by atoms with E-state index in [4.69, 9.17) is 9.47 Å². The number of benzene rings is 1. The van der Waals surface area contributed by atoms with Gasteiger partial charge in [0.2, 0.25) is 5.91 Å². The molecule has 0 bridgehead atoms. The van der Waals surface area contributed by atoms with E-state index in [0.29, 0.717) is 5.56 Å². The summed E-state index contributed by atoms with van der Waals surface area (Å²) in [7, 11) is 0. The summed E-state index contributed by atoms with van der Waals surface area (Å²) >= 11 is 0. The van der Waals surface area contributed by atoms with Crippen molar-refractivity contribution >= 4 is 23.8 Å². The topological polar surface area (TPSA) is 119 Å². The molecule has 9 heteroatoms. The second-order valence-corrected chi connectivity index (χ2v) is 5.56. The number of carboxylic acid groups (broad SMARTS) is 1. The van der Waals surface area contributed by atoms with Crippen LogP contribution < -0.4 is 5.32 Å². The number of hydrogen-bond acceptors (Lipinski definition) is 6. The van der Waals surface area contributed by atoms with E-state index in [1.54, 1.807) is 6.92 Å². The van der Waals surface area contributed by atoms with Gasteiger partial charge in [-0.3, -0.25) is 14.4 Å². The summed E-state index contributed by atoms with van der Waals surface area (Å²) in [4.78, 5) is 47.6. The molecule has 8 nitrogen and oxygen atoms in total. The second-order valence-electron chi connectivity index (χ2n) is 5.56. The molecular weight excluding hydrogens is 361 g/mol. The van der Waals surface area contributed by atoms with Crippen LogP contribution in [0.1, 0.15) is 25.8 Å². The molecular formula is C18H22FNO7. The molecule has 1 amide bonds. The average Bonchev–Trinajstić information content (AvgIpc) is 2.58. The highest BCUT2D eigenvalue weighted by atomic mass is 19.1. The largest absolute Gasteiger partial charge is 0.480 e. The Bertz CT molecular complexity index is 692. The molecule has 1 rings (SSSR count). The predicted octanol–water partition coefficient (Wildman–Crippen LogP) is 1.07. The molecule has 0 aliphatic carbocycles. The Kier molecular flexibility index (Phi) is 8.91. The monoisotopic (exact) mass is 383 g/mol. The van der Waals surface area contributed by atoms with Gasteiger partial charge < -0.3 is 19.9 Å². The van der Waals surface area contributed by atoms with Crippen molar-refractivity contribution in [3.05, 3.63) is 35.6 Å². The molecule has 0 saturated heterocycles. The number of carbonyl (C=O) groups excluding carboxylic acids is 3. The zero-order valence-corrected chi connectivity index (χ0v) is 15.1. The molecule has 0 fully saturated rings. The Morgan fingerprint density at radius 2 is 1.81 bits per heavy atom. The van der Waals surface area contributed by atoms with E-state index in [9.17, 15) is 28.7 Å². The zero-order chi connectivity index (χ0) is 20.4. The van der Waals surface area contributed by atoms with Crippen LogP contribution in [0.3, 0.4) is 0 Å². The maximum absolute atomic E-state index is 13.2. The molecule has 0 aliphatic rings. The van der Waals surface area contributed by atoms with Gasteiger partial charge in [-0.1, -0.05) is 12.1 Å². The van der Waals surface area contributed by atoms with Crippen LogP contribution in [-0.2, 0) is 35.1 Å². The first-order valence-electron chi connectivity index (χ1n) is 8.37. The quantitative estimate of drug-likeness (QED) is 0.580. The van der Waals surface area contributed by atoms with Gasteiger partial charge in [-0.25, -0.2) is 9.18 Å². The third-order valence-electron chi connectivity index (χ3n) is 3.52. The standard InChI is InChI=1S/C18H22FNO7/c1-3-26-15(22)10-13(18(25)27-4-2)16(17(23)24)20-14(21)9-11-6-5-7-12(19)8-11/h5-8,13,16H,3-4,9-10H2,1-2H3,(H,20,21)(H,23,24)/t13-,16+/m0/s1. The summed E-state index contributed by atoms with van der Waals surface area (Å²) in [6.07, 6.45) is -0.861. The SMILES string of the molecule is CCOC(=O)C[C@H](C(=O)OCC)[C@@H](NC(=O)Cc1cccc(F)c1)C(=O)O. The number of halogens is 1. The van der Waals surface area contributed by atoms with Gasteiger partial charge in [-0.2, -0.15) is 0 Å². The van der Waals surface area contributed by atoms with Crippen molar-refractivity contribution in [3.8, 4) is 0 Å². The highest BCUT2D eigenvalue weighted by Gasteiger charge is 2.38. The molecule has 148 valence electrons. The van der Waals surface area contributed by atoms with Crippen LogP contribution in [0, 0.1) is 11.7 Å². The van der Waals surface area contributed by atoms with Crippen LogP contribution in [0.15, 0.2) is 24.3 Å². The number of esters is 2. The lowest BCUT2D eigenvalue weighted by Gasteiger charge is -2.22. The molecule has 27 heavy (non-hydrogen) atoms. The molecule has 2 atom stereocenters. The maximum atomic E-state index is 13.2. The van der Waals surface area contributed by atoms with E-state index in [0.717, 1.165) is 6.07 Å². The van der Waals surface area contributed by atoms with Gasteiger partial charge in [-0.15, -0.1) is 0 Å². The highest BCUT2D eigenvalue weighted by molar-refractivity contribution is 5.91. The molecule has 0 spiro atoms. The molecule has 2 N–H and O–H groups in total. The lowest BCUT2D eigenvalue weighted by molar-refractivity contribution is -0.160. The van der Waals surface area contributed by atoms with E-state index < -0.39 is 48.0 Å². The molecule has 0 radical (unpaired) electrons. The molecule has 1 aromatic carbocycles. The first kappa shape index (κ1) is 22.1. The van der Waals surface area contributed by atoms with Crippen LogP contribution in [0.2, 0.25) is 0 Å². The number of aliphatic carboxylic acids is 1. The zero-order valence-electron chi connectivity index (χ0n) is 15.1. The van der Waals surface area contributed by atoms with E-state index in [1.807, 2.05) is 0 Å². The van der Waals surface area contributed by atoms with Gasteiger partial charge in [0.05, 0.1) is 32.0 Å². The van der Waals surface area contributed by atoms with Crippen LogP contribution >= 0.6 is 0 Å². The fourth-order valence-electron chi connectivity index (χ4n) is 2.38. The Balaban J connectivity index is 2.94. The van der Waals surface area contributed by atoms with Crippen molar-refractivity contribution in [1.29, 1.82) is 0 Å². The van der Waals surface area contributed by atoms with Crippen molar-refractivity contribution in [2.24, 2.45) is 5.92 Å². The fraction of sp³-hybridized carbons (Fsp3) is 0.444. The third-order valence-corrected chi connectivity index (χ3v) is 3.52. The summed E-state index contributed by atoms with van der Waals surface area (Å²) in [5.74, 6) is -5.99. The Labute approximate surface area is 155 Å². The average molecular weight is 383 g/mol. The van der Waals surface area contributed by atoms with E-state index in [2.05, 4.69) is 5.32 Å². The Morgan fingerprint density at radius 1 is 1.15 bits per heavy atom. The second kappa shape index (κ2) is 10.9. The summed E-state index contributed by atoms with van der Waals surface area (Å²) in [5, 5.41) is 11.6. The minimum atomic E-state index is -1.70. The smallest absolute Gasteiger partial charge is 0.327 e. The van der Waals surface area contributed by atoms with Crippen molar-refractivity contribution in [1.82, 2.24) is 5.32 Å². The maximum Gasteiger partial charge on any atom is 0.327 e. The van der Waals surface area contributed by atoms with Gasteiger partial charge in [-0.05, 0) is 31.5 Å². The number of rotatable bonds is 10. The van der Waals surface area contributed by atoms with Crippen molar-refractivity contribution in [2.75, 3.05) is 13.2 Å². The minimum absolute atomic E-state index is 0.0261. The van der Waals surface area contributed by atoms with Crippen LogP contribution in [0.25, 0.3) is 0 Å². The Hall–Kier alpha value is -2.97. The highest BCUT2D eigenvalue weighted by Crippen LogP contribution is 2.15. The number of nitrogens with one attached hydrogen (secondary N) is 1. The van der Waals surface area contributed by atoms with Crippen molar-refractivity contribution in [2.45, 2.75) is 32.7 Å². The fourth-order valence-corrected chi connectivity index (χ4v) is 2.38. The van der Waals surface area contributed by atoms with Crippen LogP contribution in [0.4, 0.5) is 4.39 Å². The lowest BCUT2D eigenvalue weighted by Crippen LogP contribution is -2.50. The van der Waals surface area contributed by atoms with Crippen molar-refractivity contribution < 1.29 is 38.1 Å². The number of amides is 1. The van der Waals surface area contributed by atoms with E-state index >= 15 is 0 Å². The van der Waals surface area contributed by atoms with Gasteiger partial charge in [0.15, 0.2) is 0 Å². The number of ether oxygens (including phenoxy) is 2. The van der Waals surface area contributed by atoms with Gasteiger partial charge in [0.25, 0.3) is 0 Å². The molecule has 0 heterocycles. The molecule has 0 aliphatic heterocycles. The number of hydrogen-bond donors (Lipinski definition) is 2. The summed E-state index contributed by atoms with van der Waals surface area (Å²) in [5.41, 5.74) is 0.328. The first-order chi connectivity index (χ1) is 12.8. The van der Waals surface area contributed by atoms with Gasteiger partial charge in [0, 0.05) is 0 Å². The normalized spacial score (nSPS) is 12.6. The lowest BCUT2D eigenvalue weighted by atomic mass is 9.95. The predicted molar refractivity (Wildman–Crippen MR) is 91.0 cm³/mol. The van der Waals surface area contributed by atoms with Crippen LogP contribution in [0.5, 0.6) is 0 Å². The van der Waals surface area contributed by atoms with Crippen molar-refractivity contribution in [3.63, 3.8) is 0 Å². The summed E-state index contributed by atoms with van der Waals surface area (Å²) in [6.45, 7) is 3.12. The minimum Gasteiger partial charge on any atom is -0.480 e. The Morgan fingerprint density at radius 3 is 2.37 bits per heavy atom. The van der Waals surface area contributed by atoms with Crippen LogP contribution in [-0.4, -0.2) is 48.2 Å². The summed E-state index contributed by atoms with van der Waals surface area (Å²) < 4.78 is 22.8. The van der Waals surface area contributed by atoms with Gasteiger partial charge >= 0.3 is 17.9 Å². The molecule has 1 aromatic rings. The van der Waals surface area contributed by atoms with E-state index in [-0.39, 0.29) is 19.6 Å². The third kappa shape index (κ3) is 7.43. The number of carbonyl (C=O) groups is 4. The first-order valence-corrected chi connectivity index (χ1v) is 8.37. The molecule has 0 saturated carbocycles. The van der Waals surface area contributed by atoms with Gasteiger partial charge in [0.1, 0.15) is 11.9 Å². The molecule has 0 unspecified atom stereocenters. The molecule has 0 aromatic heterocycles. The van der Waals surface area contributed by atoms with E-state index in [1.165, 1.54) is 25.1 Å². The summed E-state index contributed by atoms with van der Waals surface area (Å²) in [6, 6.07) is 3.55.